The van der Waals surface area contributed by atoms with Crippen LogP contribution in [0.25, 0.3) is 0 Å². The summed E-state index contributed by atoms with van der Waals surface area (Å²) in [5, 5.41) is 40.1. The SMILES string of the molecule is CCCCC/C=C\C/C=C\CCCCCCCCCCCC(=O)OC(COCCCCCCCC/C=C\CCCCCCC)COC1OC(CO)C(O)C(O)C1O. The molecular formula is C48H88O9. The Bertz CT molecular complexity index is 968. The van der Waals surface area contributed by atoms with Crippen LogP contribution >= 0.6 is 0 Å². The van der Waals surface area contributed by atoms with Crippen molar-refractivity contribution in [2.24, 2.45) is 0 Å². The molecule has 0 spiro atoms. The van der Waals surface area contributed by atoms with Crippen LogP contribution in [0, 0.1) is 0 Å². The van der Waals surface area contributed by atoms with E-state index in [0.29, 0.717) is 13.0 Å². The van der Waals surface area contributed by atoms with Crippen LogP contribution in [-0.2, 0) is 23.7 Å². The van der Waals surface area contributed by atoms with Crippen LogP contribution < -0.4 is 0 Å². The first-order valence-electron chi connectivity index (χ1n) is 23.6. The fourth-order valence-corrected chi connectivity index (χ4v) is 7.05. The van der Waals surface area contributed by atoms with Gasteiger partial charge in [-0.05, 0) is 70.6 Å². The van der Waals surface area contributed by atoms with Crippen LogP contribution in [0.5, 0.6) is 0 Å². The summed E-state index contributed by atoms with van der Waals surface area (Å²) in [6, 6.07) is 0. The van der Waals surface area contributed by atoms with Gasteiger partial charge in [-0.1, -0.05) is 159 Å². The van der Waals surface area contributed by atoms with Crippen molar-refractivity contribution in [1.82, 2.24) is 0 Å². The molecule has 57 heavy (non-hydrogen) atoms. The Balaban J connectivity index is 2.25. The highest BCUT2D eigenvalue weighted by Gasteiger charge is 2.44. The maximum Gasteiger partial charge on any atom is 0.306 e. The largest absolute Gasteiger partial charge is 0.457 e. The van der Waals surface area contributed by atoms with Crippen molar-refractivity contribution in [2.45, 2.75) is 237 Å². The maximum absolute atomic E-state index is 12.8. The third-order valence-electron chi connectivity index (χ3n) is 10.8. The normalized spacial score (nSPS) is 20.7. The summed E-state index contributed by atoms with van der Waals surface area (Å²) in [7, 11) is 0. The maximum atomic E-state index is 12.8. The number of allylic oxidation sites excluding steroid dienone is 6. The minimum Gasteiger partial charge on any atom is -0.457 e. The quantitative estimate of drug-likeness (QED) is 0.0271. The lowest BCUT2D eigenvalue weighted by Gasteiger charge is -2.39. The first-order chi connectivity index (χ1) is 27.9. The zero-order chi connectivity index (χ0) is 41.4. The van der Waals surface area contributed by atoms with Crippen molar-refractivity contribution in [3.05, 3.63) is 36.5 Å². The second-order valence-electron chi connectivity index (χ2n) is 16.2. The van der Waals surface area contributed by atoms with Gasteiger partial charge < -0.3 is 39.4 Å². The van der Waals surface area contributed by atoms with Crippen molar-refractivity contribution >= 4 is 5.97 Å². The summed E-state index contributed by atoms with van der Waals surface area (Å²) < 4.78 is 22.8. The van der Waals surface area contributed by atoms with Gasteiger partial charge in [0.15, 0.2) is 6.29 Å². The predicted octanol–water partition coefficient (Wildman–Crippen LogP) is 10.8. The van der Waals surface area contributed by atoms with Gasteiger partial charge in [-0.25, -0.2) is 0 Å². The van der Waals surface area contributed by atoms with Crippen LogP contribution in [0.2, 0.25) is 0 Å². The number of unbranched alkanes of at least 4 members (excludes halogenated alkanes) is 23. The molecule has 0 aromatic heterocycles. The Labute approximate surface area is 349 Å². The predicted molar refractivity (Wildman–Crippen MR) is 233 cm³/mol. The van der Waals surface area contributed by atoms with Gasteiger partial charge in [-0.3, -0.25) is 4.79 Å². The third kappa shape index (κ3) is 31.0. The number of esters is 1. The van der Waals surface area contributed by atoms with Gasteiger partial charge in [0.25, 0.3) is 0 Å². The molecule has 334 valence electrons. The van der Waals surface area contributed by atoms with Gasteiger partial charge in [0.2, 0.25) is 0 Å². The van der Waals surface area contributed by atoms with E-state index in [4.69, 9.17) is 18.9 Å². The van der Waals surface area contributed by atoms with Gasteiger partial charge in [0.1, 0.15) is 30.5 Å². The molecule has 1 saturated heterocycles. The summed E-state index contributed by atoms with van der Waals surface area (Å²) in [5.41, 5.74) is 0. The molecule has 0 radical (unpaired) electrons. The van der Waals surface area contributed by atoms with E-state index in [2.05, 4.69) is 50.3 Å². The Morgan fingerprint density at radius 1 is 0.561 bits per heavy atom. The number of hydrogen-bond acceptors (Lipinski definition) is 9. The van der Waals surface area contributed by atoms with Gasteiger partial charge in [0, 0.05) is 13.0 Å². The smallest absolute Gasteiger partial charge is 0.306 e. The Morgan fingerprint density at radius 2 is 1.02 bits per heavy atom. The molecular weight excluding hydrogens is 721 g/mol. The van der Waals surface area contributed by atoms with Crippen LogP contribution in [0.15, 0.2) is 36.5 Å². The van der Waals surface area contributed by atoms with Crippen LogP contribution in [-0.4, -0.2) is 89.6 Å². The van der Waals surface area contributed by atoms with E-state index in [1.165, 1.54) is 141 Å². The van der Waals surface area contributed by atoms with Gasteiger partial charge >= 0.3 is 5.97 Å². The fraction of sp³-hybridized carbons (Fsp3) is 0.854. The molecule has 9 heteroatoms. The van der Waals surface area contributed by atoms with E-state index >= 15 is 0 Å². The number of ether oxygens (including phenoxy) is 4. The molecule has 1 fully saturated rings. The molecule has 6 atom stereocenters. The molecule has 0 aliphatic carbocycles. The molecule has 0 bridgehead atoms. The Kier molecular flexibility index (Phi) is 37.4. The molecule has 0 aromatic carbocycles. The second-order valence-corrected chi connectivity index (χ2v) is 16.2. The van der Waals surface area contributed by atoms with Crippen LogP contribution in [0.4, 0.5) is 0 Å². The summed E-state index contributed by atoms with van der Waals surface area (Å²) in [4.78, 5) is 12.8. The fourth-order valence-electron chi connectivity index (χ4n) is 7.05. The Hall–Kier alpha value is -1.59. The highest BCUT2D eigenvalue weighted by Crippen LogP contribution is 2.22. The van der Waals surface area contributed by atoms with Crippen molar-refractivity contribution in [2.75, 3.05) is 26.4 Å². The zero-order valence-electron chi connectivity index (χ0n) is 36.6. The highest BCUT2D eigenvalue weighted by molar-refractivity contribution is 5.69. The van der Waals surface area contributed by atoms with Gasteiger partial charge in [0.05, 0.1) is 19.8 Å². The van der Waals surface area contributed by atoms with Crippen molar-refractivity contribution in [3.8, 4) is 0 Å². The minimum absolute atomic E-state index is 0.117. The molecule has 0 amide bonds. The van der Waals surface area contributed by atoms with E-state index in [1.54, 1.807) is 0 Å². The van der Waals surface area contributed by atoms with Crippen LogP contribution in [0.1, 0.15) is 200 Å². The van der Waals surface area contributed by atoms with Crippen LogP contribution in [0.3, 0.4) is 0 Å². The van der Waals surface area contributed by atoms with Gasteiger partial charge in [-0.15, -0.1) is 0 Å². The average molecular weight is 809 g/mol. The number of rotatable bonds is 40. The second kappa shape index (κ2) is 39.8. The third-order valence-corrected chi connectivity index (χ3v) is 10.8. The molecule has 1 aliphatic heterocycles. The minimum atomic E-state index is -1.54. The first-order valence-corrected chi connectivity index (χ1v) is 23.6. The van der Waals surface area contributed by atoms with E-state index in [9.17, 15) is 25.2 Å². The molecule has 0 saturated carbocycles. The Morgan fingerprint density at radius 3 is 1.56 bits per heavy atom. The summed E-state index contributed by atoms with van der Waals surface area (Å²) in [6.07, 6.45) is 40.2. The summed E-state index contributed by atoms with van der Waals surface area (Å²) in [6.45, 7) is 4.52. The molecule has 9 nitrogen and oxygen atoms in total. The first kappa shape index (κ1) is 53.4. The summed E-state index contributed by atoms with van der Waals surface area (Å²) in [5.74, 6) is -0.320. The molecule has 1 aliphatic rings. The number of carbonyl (C=O) groups is 1. The lowest BCUT2D eigenvalue weighted by atomic mass is 9.99. The van der Waals surface area contributed by atoms with Crippen molar-refractivity contribution in [1.29, 1.82) is 0 Å². The number of carbonyl (C=O) groups excluding carboxylic acids is 1. The molecule has 0 aromatic rings. The lowest BCUT2D eigenvalue weighted by molar-refractivity contribution is -0.305. The van der Waals surface area contributed by atoms with E-state index in [-0.39, 0.29) is 19.2 Å². The average Bonchev–Trinajstić information content (AvgIpc) is 3.21. The van der Waals surface area contributed by atoms with E-state index in [1.807, 2.05) is 0 Å². The molecule has 6 unspecified atom stereocenters. The molecule has 1 rings (SSSR count). The number of aliphatic hydroxyl groups excluding tert-OH is 4. The number of hydrogen-bond donors (Lipinski definition) is 4. The van der Waals surface area contributed by atoms with Crippen molar-refractivity contribution in [3.63, 3.8) is 0 Å². The lowest BCUT2D eigenvalue weighted by Crippen LogP contribution is -2.59. The summed E-state index contributed by atoms with van der Waals surface area (Å²) >= 11 is 0. The monoisotopic (exact) mass is 809 g/mol. The topological polar surface area (TPSA) is 135 Å². The van der Waals surface area contributed by atoms with E-state index in [0.717, 1.165) is 38.5 Å². The standard InChI is InChI=1S/C48H88O9/c1-3-5-7-9-11-13-15-17-19-20-21-22-23-25-27-29-31-33-35-37-44(50)56-42(41-55-48-47(53)46(52)45(51)43(39-49)57-48)40-54-38-36-34-32-30-28-26-24-18-16-14-12-10-8-6-4-2/h11,13,16-19,42-43,45-49,51-53H,3-10,12,14-15,20-41H2,1-2H3/b13-11-,18-16-,19-17-. The highest BCUT2D eigenvalue weighted by atomic mass is 16.7. The number of aliphatic hydroxyl groups is 4. The molecule has 1 heterocycles. The van der Waals surface area contributed by atoms with E-state index < -0.39 is 43.4 Å². The zero-order valence-corrected chi connectivity index (χ0v) is 36.6. The van der Waals surface area contributed by atoms with Gasteiger partial charge in [-0.2, -0.15) is 0 Å². The molecule has 4 N–H and O–H groups in total. The van der Waals surface area contributed by atoms with Crippen molar-refractivity contribution < 1.29 is 44.2 Å².